The van der Waals surface area contributed by atoms with Crippen molar-refractivity contribution in [3.8, 4) is 11.5 Å². The van der Waals surface area contributed by atoms with Crippen LogP contribution in [0.4, 0.5) is 0 Å². The molecule has 6 N–H and O–H groups in total. The van der Waals surface area contributed by atoms with Gasteiger partial charge in [-0.05, 0) is 13.8 Å². The number of fused-ring (bicyclic) bond motifs is 4. The third kappa shape index (κ3) is 2.59. The van der Waals surface area contributed by atoms with E-state index in [4.69, 9.17) is 14.6 Å². The highest BCUT2D eigenvalue weighted by molar-refractivity contribution is 6.30. The minimum absolute atomic E-state index is 0.153. The number of aliphatic hydroxyl groups is 3. The first kappa shape index (κ1) is 22.0. The van der Waals surface area contributed by atoms with Gasteiger partial charge < -0.3 is 40.1 Å². The maximum absolute atomic E-state index is 13.6. The highest BCUT2D eigenvalue weighted by Crippen LogP contribution is 2.55. The van der Waals surface area contributed by atoms with Crippen molar-refractivity contribution in [1.82, 2.24) is 0 Å². The van der Waals surface area contributed by atoms with Crippen LogP contribution in [-0.4, -0.2) is 78.2 Å². The average molecular weight is 462 g/mol. The lowest BCUT2D eigenvalue weighted by Gasteiger charge is -2.52. The number of carboxylic acid groups (broad SMARTS) is 1. The number of ketones is 2. The number of aromatic hydroxyl groups is 2. The van der Waals surface area contributed by atoms with Gasteiger partial charge in [0.15, 0.2) is 11.6 Å². The fourth-order valence-corrected chi connectivity index (χ4v) is 5.65. The minimum Gasteiger partial charge on any atom is -0.507 e. The lowest BCUT2D eigenvalue weighted by molar-refractivity contribution is -0.207. The van der Waals surface area contributed by atoms with Crippen molar-refractivity contribution in [2.24, 2.45) is 0 Å². The number of phenolic OH excluding ortho intramolecular Hbond substituents is 2. The van der Waals surface area contributed by atoms with Crippen molar-refractivity contribution in [1.29, 1.82) is 0 Å². The zero-order valence-electron chi connectivity index (χ0n) is 17.6. The molecule has 3 heterocycles. The highest BCUT2D eigenvalue weighted by Gasteiger charge is 2.62. The summed E-state index contributed by atoms with van der Waals surface area (Å²) < 4.78 is 11.1. The second-order valence-electron chi connectivity index (χ2n) is 8.92. The van der Waals surface area contributed by atoms with Gasteiger partial charge in [0, 0.05) is 28.7 Å². The lowest BCUT2D eigenvalue weighted by Crippen LogP contribution is -2.66. The van der Waals surface area contributed by atoms with Gasteiger partial charge in [0.1, 0.15) is 23.2 Å². The van der Waals surface area contributed by atoms with Crippen molar-refractivity contribution in [3.05, 3.63) is 33.4 Å². The summed E-state index contributed by atoms with van der Waals surface area (Å²) >= 11 is 0. The van der Waals surface area contributed by atoms with Crippen LogP contribution in [0.2, 0.25) is 0 Å². The summed E-state index contributed by atoms with van der Waals surface area (Å²) in [5.74, 6) is -4.61. The third-order valence-electron chi connectivity index (χ3n) is 7.18. The standard InChI is InChI=1S/C22H22O11/c1-5-11-13(17(26)8(32-5)4-10(24)25)20(29)14-15(18(11)27)21(30)16-12(19(14)28)7-3-9(23)22(16,31)6(2)33-7/h5-9,17,23,26-27,29,31H,3-4H2,1-2H3,(H,24,25)/t5-,6+,7-,8-,9+,17+,22+/m0/s1. The van der Waals surface area contributed by atoms with Crippen LogP contribution in [0.5, 0.6) is 11.5 Å². The number of hydrogen-bond acceptors (Lipinski definition) is 10. The molecule has 1 fully saturated rings. The summed E-state index contributed by atoms with van der Waals surface area (Å²) in [4.78, 5) is 38.2. The maximum Gasteiger partial charge on any atom is 0.306 e. The molecule has 0 radical (unpaired) electrons. The summed E-state index contributed by atoms with van der Waals surface area (Å²) in [7, 11) is 0. The molecule has 2 aliphatic carbocycles. The SMILES string of the molecule is C[C@@H]1O[C@@H](CC(=O)O)[C@@H](O)c2c(O)c3c(c(O)c21)C(=O)C1=C(C3=O)[C@@H]2C[C@@H](O)[C@]1(O)[C@@H](C)O2. The summed E-state index contributed by atoms with van der Waals surface area (Å²) in [5.41, 5.74) is -4.40. The first-order valence-electron chi connectivity index (χ1n) is 10.5. The number of ether oxygens (including phenoxy) is 2. The Hall–Kier alpha value is -2.83. The van der Waals surface area contributed by atoms with E-state index in [1.807, 2.05) is 0 Å². The largest absolute Gasteiger partial charge is 0.507 e. The van der Waals surface area contributed by atoms with Crippen molar-refractivity contribution in [2.75, 3.05) is 0 Å². The van der Waals surface area contributed by atoms with E-state index in [-0.39, 0.29) is 28.7 Å². The van der Waals surface area contributed by atoms with Crippen LogP contribution < -0.4 is 0 Å². The second kappa shape index (κ2) is 6.84. The summed E-state index contributed by atoms with van der Waals surface area (Å²) in [6.07, 6.45) is -8.21. The number of carbonyl (C=O) groups is 3. The molecule has 1 aromatic carbocycles. The van der Waals surface area contributed by atoms with Crippen LogP contribution in [0.3, 0.4) is 0 Å². The minimum atomic E-state index is -2.19. The van der Waals surface area contributed by atoms with Gasteiger partial charge in [-0.3, -0.25) is 14.4 Å². The Morgan fingerprint density at radius 1 is 1.03 bits per heavy atom. The molecule has 0 spiro atoms. The fraction of sp³-hybridized carbons (Fsp3) is 0.500. The van der Waals surface area contributed by atoms with Crippen LogP contribution in [0, 0.1) is 0 Å². The average Bonchev–Trinajstić information content (AvgIpc) is 2.72. The predicted molar refractivity (Wildman–Crippen MR) is 106 cm³/mol. The van der Waals surface area contributed by atoms with Gasteiger partial charge in [0.2, 0.25) is 0 Å². The van der Waals surface area contributed by atoms with Gasteiger partial charge >= 0.3 is 5.97 Å². The normalized spacial score (nSPS) is 37.0. The first-order chi connectivity index (χ1) is 15.4. The lowest BCUT2D eigenvalue weighted by atomic mass is 9.63. The van der Waals surface area contributed by atoms with Crippen molar-refractivity contribution < 1.29 is 54.5 Å². The molecule has 6 rings (SSSR count). The molecule has 0 unspecified atom stereocenters. The maximum atomic E-state index is 13.6. The number of phenols is 2. The molecule has 11 heteroatoms. The molecule has 11 nitrogen and oxygen atoms in total. The second-order valence-corrected chi connectivity index (χ2v) is 8.92. The zero-order valence-corrected chi connectivity index (χ0v) is 17.6. The molecule has 33 heavy (non-hydrogen) atoms. The quantitative estimate of drug-likeness (QED) is 0.325. The first-order valence-corrected chi connectivity index (χ1v) is 10.5. The molecule has 176 valence electrons. The zero-order chi connectivity index (χ0) is 24.1. The molecule has 1 saturated heterocycles. The van der Waals surface area contributed by atoms with Gasteiger partial charge in [0.25, 0.3) is 0 Å². The number of Topliss-reactive ketones (excluding diaryl/α,β-unsaturated/α-hetero) is 2. The number of carbonyl (C=O) groups excluding carboxylic acids is 2. The number of rotatable bonds is 2. The van der Waals surface area contributed by atoms with E-state index in [0.717, 1.165) is 0 Å². The molecule has 0 amide bonds. The van der Waals surface area contributed by atoms with Gasteiger partial charge in [-0.15, -0.1) is 0 Å². The molecule has 7 atom stereocenters. The van der Waals surface area contributed by atoms with Gasteiger partial charge in [0.05, 0.1) is 48.1 Å². The Balaban J connectivity index is 1.76. The Labute approximate surface area is 186 Å². The molecule has 0 saturated carbocycles. The molecule has 5 aliphatic rings. The monoisotopic (exact) mass is 462 g/mol. The van der Waals surface area contributed by atoms with Gasteiger partial charge in [-0.1, -0.05) is 0 Å². The van der Waals surface area contributed by atoms with E-state index >= 15 is 0 Å². The van der Waals surface area contributed by atoms with Crippen LogP contribution in [-0.2, 0) is 14.3 Å². The Morgan fingerprint density at radius 2 is 1.64 bits per heavy atom. The highest BCUT2D eigenvalue weighted by atomic mass is 16.5. The predicted octanol–water partition coefficient (Wildman–Crippen LogP) is 0.0243. The van der Waals surface area contributed by atoms with E-state index in [2.05, 4.69) is 0 Å². The molecule has 0 aromatic heterocycles. The van der Waals surface area contributed by atoms with E-state index in [0.29, 0.717) is 0 Å². The summed E-state index contributed by atoms with van der Waals surface area (Å²) in [6, 6.07) is 0. The number of aliphatic hydroxyl groups excluding tert-OH is 2. The molecular formula is C22H22O11. The van der Waals surface area contributed by atoms with Crippen LogP contribution in [0.1, 0.15) is 70.7 Å². The fourth-order valence-electron chi connectivity index (χ4n) is 5.65. The van der Waals surface area contributed by atoms with Crippen LogP contribution in [0.15, 0.2) is 11.1 Å². The number of benzene rings is 1. The number of carboxylic acids is 1. The van der Waals surface area contributed by atoms with E-state index < -0.39 is 88.8 Å². The smallest absolute Gasteiger partial charge is 0.306 e. The molecule has 2 bridgehead atoms. The summed E-state index contributed by atoms with van der Waals surface area (Å²) in [6.45, 7) is 2.88. The van der Waals surface area contributed by atoms with E-state index in [1.54, 1.807) is 0 Å². The van der Waals surface area contributed by atoms with Crippen molar-refractivity contribution in [2.45, 2.75) is 68.9 Å². The van der Waals surface area contributed by atoms with E-state index in [1.165, 1.54) is 13.8 Å². The van der Waals surface area contributed by atoms with Gasteiger partial charge in [-0.2, -0.15) is 0 Å². The topological polar surface area (TPSA) is 191 Å². The van der Waals surface area contributed by atoms with Crippen LogP contribution in [0.25, 0.3) is 0 Å². The summed E-state index contributed by atoms with van der Waals surface area (Å²) in [5, 5.41) is 63.6. The Kier molecular flexibility index (Phi) is 4.56. The molecule has 3 aliphatic heterocycles. The van der Waals surface area contributed by atoms with Gasteiger partial charge in [-0.25, -0.2) is 0 Å². The molecular weight excluding hydrogens is 440 g/mol. The van der Waals surface area contributed by atoms with Crippen molar-refractivity contribution >= 4 is 17.5 Å². The number of hydrogen-bond donors (Lipinski definition) is 6. The van der Waals surface area contributed by atoms with E-state index in [9.17, 15) is 39.9 Å². The number of aliphatic carboxylic acids is 1. The Bertz CT molecular complexity index is 1150. The van der Waals surface area contributed by atoms with Crippen molar-refractivity contribution in [3.63, 3.8) is 0 Å². The molecule has 1 aromatic rings. The Morgan fingerprint density at radius 3 is 2.24 bits per heavy atom. The van der Waals surface area contributed by atoms with Crippen LogP contribution >= 0.6 is 0 Å². The third-order valence-corrected chi connectivity index (χ3v) is 7.18.